The van der Waals surface area contributed by atoms with Crippen LogP contribution in [0.25, 0.3) is 0 Å². The summed E-state index contributed by atoms with van der Waals surface area (Å²) in [6, 6.07) is 8.79. The van der Waals surface area contributed by atoms with Gasteiger partial charge in [0.25, 0.3) is 5.91 Å². The lowest BCUT2D eigenvalue weighted by molar-refractivity contribution is -0.138. The number of nitrogens with zero attached hydrogens (tertiary/aromatic N) is 1. The minimum Gasteiger partial charge on any atom is -0.341 e. The third-order valence-electron chi connectivity index (χ3n) is 4.08. The summed E-state index contributed by atoms with van der Waals surface area (Å²) in [7, 11) is 1.44. The summed E-state index contributed by atoms with van der Waals surface area (Å²) in [5.41, 5.74) is -0.392. The molecule has 0 N–H and O–H groups in total. The Morgan fingerprint density at radius 3 is 2.37 bits per heavy atom. The first-order chi connectivity index (χ1) is 12.6. The first-order valence-electron chi connectivity index (χ1n) is 7.94. The number of carbonyl (C=O) groups is 2. The molecule has 27 heavy (non-hydrogen) atoms. The van der Waals surface area contributed by atoms with Crippen LogP contribution in [0.15, 0.2) is 46.9 Å². The smallest absolute Gasteiger partial charge is 0.341 e. The lowest BCUT2D eigenvalue weighted by Gasteiger charge is -2.24. The molecule has 0 bridgehead atoms. The summed E-state index contributed by atoms with van der Waals surface area (Å²) in [5, 5.41) is 0. The van der Waals surface area contributed by atoms with Gasteiger partial charge in [0, 0.05) is 36.0 Å². The van der Waals surface area contributed by atoms with E-state index in [0.717, 1.165) is 6.07 Å². The fraction of sp³-hybridized carbons (Fsp3) is 0.263. The van der Waals surface area contributed by atoms with Crippen LogP contribution in [0, 0.1) is 5.82 Å². The van der Waals surface area contributed by atoms with Crippen LogP contribution in [0.3, 0.4) is 0 Å². The van der Waals surface area contributed by atoms with Crippen LogP contribution in [0.4, 0.5) is 17.6 Å². The van der Waals surface area contributed by atoms with Gasteiger partial charge in [-0.3, -0.25) is 4.79 Å². The molecular formula is C19H16BrF4NO2. The molecule has 0 aliphatic carbocycles. The van der Waals surface area contributed by atoms with E-state index in [4.69, 9.17) is 0 Å². The normalized spacial score (nSPS) is 12.5. The highest BCUT2D eigenvalue weighted by atomic mass is 79.9. The molecule has 144 valence electrons. The van der Waals surface area contributed by atoms with Crippen molar-refractivity contribution in [1.82, 2.24) is 4.90 Å². The summed E-state index contributed by atoms with van der Waals surface area (Å²) in [5.74, 6) is -1.43. The van der Waals surface area contributed by atoms with Gasteiger partial charge in [-0.2, -0.15) is 13.2 Å². The molecule has 1 atom stereocenters. The van der Waals surface area contributed by atoms with Gasteiger partial charge in [-0.15, -0.1) is 0 Å². The topological polar surface area (TPSA) is 37.4 Å². The van der Waals surface area contributed by atoms with Crippen molar-refractivity contribution in [2.45, 2.75) is 18.5 Å². The van der Waals surface area contributed by atoms with Crippen molar-refractivity contribution in [3.8, 4) is 0 Å². The fourth-order valence-electron chi connectivity index (χ4n) is 2.68. The molecule has 0 saturated heterocycles. The molecule has 0 radical (unpaired) electrons. The highest BCUT2D eigenvalue weighted by Gasteiger charge is 2.34. The van der Waals surface area contributed by atoms with Crippen LogP contribution in [0.2, 0.25) is 0 Å². The second kappa shape index (κ2) is 8.65. The maximum Gasteiger partial charge on any atom is 0.417 e. The van der Waals surface area contributed by atoms with Crippen molar-refractivity contribution in [1.29, 1.82) is 0 Å². The number of hydrogen-bond acceptors (Lipinski definition) is 2. The monoisotopic (exact) mass is 445 g/mol. The van der Waals surface area contributed by atoms with Crippen molar-refractivity contribution >= 4 is 28.1 Å². The average Bonchev–Trinajstić information content (AvgIpc) is 2.60. The third-order valence-corrected chi connectivity index (χ3v) is 4.77. The van der Waals surface area contributed by atoms with Crippen LogP contribution >= 0.6 is 15.9 Å². The summed E-state index contributed by atoms with van der Waals surface area (Å²) < 4.78 is 52.0. The fourth-order valence-corrected chi connectivity index (χ4v) is 3.15. The molecule has 0 spiro atoms. The summed E-state index contributed by atoms with van der Waals surface area (Å²) >= 11 is 2.84. The number of aldehydes is 1. The van der Waals surface area contributed by atoms with E-state index in [9.17, 15) is 27.2 Å². The zero-order valence-electron chi connectivity index (χ0n) is 14.3. The predicted octanol–water partition coefficient (Wildman–Crippen LogP) is 5.05. The van der Waals surface area contributed by atoms with Gasteiger partial charge in [-0.25, -0.2) is 4.39 Å². The summed E-state index contributed by atoms with van der Waals surface area (Å²) in [4.78, 5) is 24.8. The second-order valence-electron chi connectivity index (χ2n) is 6.03. The SMILES string of the molecule is CN(C[C@@H](CC=O)c1ccc(F)cc1)C(=O)c1ccc(Br)c(C(F)(F)F)c1. The van der Waals surface area contributed by atoms with Gasteiger partial charge < -0.3 is 9.69 Å². The van der Waals surface area contributed by atoms with Gasteiger partial charge in [0.1, 0.15) is 12.1 Å². The number of alkyl halides is 3. The molecule has 1 amide bonds. The number of likely N-dealkylation sites (N-methyl/N-ethyl adjacent to an activating group) is 1. The summed E-state index contributed by atoms with van der Waals surface area (Å²) in [6.07, 6.45) is -3.81. The lowest BCUT2D eigenvalue weighted by Crippen LogP contribution is -2.31. The van der Waals surface area contributed by atoms with E-state index in [1.165, 1.54) is 48.3 Å². The van der Waals surface area contributed by atoms with E-state index in [2.05, 4.69) is 15.9 Å². The van der Waals surface area contributed by atoms with Crippen molar-refractivity contribution in [2.24, 2.45) is 0 Å². The Balaban J connectivity index is 2.23. The molecule has 0 aromatic heterocycles. The molecule has 3 nitrogen and oxygen atoms in total. The van der Waals surface area contributed by atoms with E-state index < -0.39 is 29.4 Å². The van der Waals surface area contributed by atoms with E-state index in [1.807, 2.05) is 0 Å². The van der Waals surface area contributed by atoms with E-state index in [0.29, 0.717) is 11.8 Å². The van der Waals surface area contributed by atoms with Gasteiger partial charge >= 0.3 is 6.18 Å². The van der Waals surface area contributed by atoms with Gasteiger partial charge in [-0.05, 0) is 35.9 Å². The largest absolute Gasteiger partial charge is 0.417 e. The number of halogens is 5. The molecule has 0 aliphatic rings. The van der Waals surface area contributed by atoms with Crippen molar-refractivity contribution in [3.05, 3.63) is 69.4 Å². The highest BCUT2D eigenvalue weighted by molar-refractivity contribution is 9.10. The van der Waals surface area contributed by atoms with Gasteiger partial charge in [-0.1, -0.05) is 28.1 Å². The minimum atomic E-state index is -4.60. The highest BCUT2D eigenvalue weighted by Crippen LogP contribution is 2.35. The van der Waals surface area contributed by atoms with Crippen molar-refractivity contribution < 1.29 is 27.2 Å². The van der Waals surface area contributed by atoms with Crippen molar-refractivity contribution in [2.75, 3.05) is 13.6 Å². The van der Waals surface area contributed by atoms with Crippen LogP contribution in [0.5, 0.6) is 0 Å². The Morgan fingerprint density at radius 2 is 1.81 bits per heavy atom. The lowest BCUT2D eigenvalue weighted by atomic mass is 9.95. The van der Waals surface area contributed by atoms with Crippen LogP contribution in [-0.4, -0.2) is 30.7 Å². The molecular weight excluding hydrogens is 430 g/mol. The average molecular weight is 446 g/mol. The van der Waals surface area contributed by atoms with E-state index in [-0.39, 0.29) is 23.0 Å². The maximum atomic E-state index is 13.1. The third kappa shape index (κ3) is 5.38. The molecule has 0 heterocycles. The number of carbonyl (C=O) groups excluding carboxylic acids is 2. The molecule has 0 fully saturated rings. The maximum absolute atomic E-state index is 13.1. The van der Waals surface area contributed by atoms with Gasteiger partial charge in [0.15, 0.2) is 0 Å². The Kier molecular flexibility index (Phi) is 6.75. The van der Waals surface area contributed by atoms with Crippen molar-refractivity contribution in [3.63, 3.8) is 0 Å². The Labute approximate surface area is 162 Å². The van der Waals surface area contributed by atoms with Crippen LogP contribution in [-0.2, 0) is 11.0 Å². The second-order valence-corrected chi connectivity index (χ2v) is 6.88. The number of hydrogen-bond donors (Lipinski definition) is 0. The van der Waals surface area contributed by atoms with Gasteiger partial charge in [0.05, 0.1) is 5.56 Å². The van der Waals surface area contributed by atoms with E-state index >= 15 is 0 Å². The first kappa shape index (κ1) is 21.1. The van der Waals surface area contributed by atoms with Gasteiger partial charge in [0.2, 0.25) is 0 Å². The molecule has 0 saturated carbocycles. The number of amides is 1. The standard InChI is InChI=1S/C19H16BrF4NO2/c1-25(11-14(8-9-26)12-2-5-15(21)6-3-12)18(27)13-4-7-17(20)16(10-13)19(22,23)24/h2-7,9-10,14H,8,11H2,1H3/t14-/m1/s1. The zero-order chi connectivity index (χ0) is 20.2. The number of benzene rings is 2. The Bertz CT molecular complexity index is 821. The quantitative estimate of drug-likeness (QED) is 0.460. The van der Waals surface area contributed by atoms with Crippen LogP contribution < -0.4 is 0 Å². The predicted molar refractivity (Wildman–Crippen MR) is 95.9 cm³/mol. The van der Waals surface area contributed by atoms with Crippen LogP contribution in [0.1, 0.15) is 33.8 Å². The zero-order valence-corrected chi connectivity index (χ0v) is 15.8. The molecule has 0 unspecified atom stereocenters. The number of rotatable bonds is 6. The Hall–Kier alpha value is -2.22. The Morgan fingerprint density at radius 1 is 1.19 bits per heavy atom. The minimum absolute atomic E-state index is 0.0946. The molecule has 2 aromatic rings. The first-order valence-corrected chi connectivity index (χ1v) is 8.74. The molecule has 2 rings (SSSR count). The molecule has 0 aliphatic heterocycles. The van der Waals surface area contributed by atoms with E-state index in [1.54, 1.807) is 0 Å². The molecule has 2 aromatic carbocycles. The molecule has 8 heteroatoms. The summed E-state index contributed by atoms with van der Waals surface area (Å²) in [6.45, 7) is 0.0978.